The number of nitrogens with zero attached hydrogens (tertiary/aromatic N) is 3. The molecule has 124 valence electrons. The monoisotopic (exact) mass is 381 g/mol. The standard InChI is InChI=1S/C16H13Cl2N3O2S/c1-10-5-6-13(23-9-10)15-19-20-16(24-8-7-22)21(15)14-11(17)3-2-4-12(14)18/h2-7H,8-9H2,1H3. The molecule has 0 unspecified atom stereocenters. The number of carbonyl (C=O) groups is 1. The topological polar surface area (TPSA) is 57.0 Å². The van der Waals surface area contributed by atoms with Crippen LogP contribution in [-0.4, -0.2) is 33.4 Å². The number of allylic oxidation sites excluding steroid dienone is 2. The fraction of sp³-hybridized carbons (Fsp3) is 0.188. The van der Waals surface area contributed by atoms with Crippen molar-refractivity contribution < 1.29 is 9.53 Å². The molecule has 8 heteroatoms. The molecule has 0 saturated heterocycles. The van der Waals surface area contributed by atoms with E-state index in [0.29, 0.717) is 39.1 Å². The Balaban J connectivity index is 2.18. The summed E-state index contributed by atoms with van der Waals surface area (Å²) in [5, 5.41) is 9.81. The number of rotatable bonds is 5. The van der Waals surface area contributed by atoms with Crippen LogP contribution in [0, 0.1) is 0 Å². The van der Waals surface area contributed by atoms with E-state index < -0.39 is 0 Å². The van der Waals surface area contributed by atoms with Gasteiger partial charge in [0.15, 0.2) is 10.9 Å². The first-order valence-corrected chi connectivity index (χ1v) is 8.83. The highest BCUT2D eigenvalue weighted by atomic mass is 35.5. The van der Waals surface area contributed by atoms with Gasteiger partial charge in [-0.2, -0.15) is 0 Å². The van der Waals surface area contributed by atoms with Crippen LogP contribution in [0.2, 0.25) is 10.0 Å². The number of thioether (sulfide) groups is 1. The second-order valence-electron chi connectivity index (χ2n) is 5.02. The predicted octanol–water partition coefficient (Wildman–Crippen LogP) is 4.18. The average molecular weight is 382 g/mol. The molecule has 0 spiro atoms. The highest BCUT2D eigenvalue weighted by molar-refractivity contribution is 7.99. The Morgan fingerprint density at radius 1 is 1.29 bits per heavy atom. The number of hydrogen-bond donors (Lipinski definition) is 0. The molecule has 0 radical (unpaired) electrons. The van der Waals surface area contributed by atoms with E-state index in [1.807, 2.05) is 19.1 Å². The molecule has 2 heterocycles. The summed E-state index contributed by atoms with van der Waals surface area (Å²) >= 11 is 13.9. The summed E-state index contributed by atoms with van der Waals surface area (Å²) in [4.78, 5) is 10.7. The van der Waals surface area contributed by atoms with Gasteiger partial charge in [-0.15, -0.1) is 10.2 Å². The fourth-order valence-electron chi connectivity index (χ4n) is 2.18. The minimum Gasteiger partial charge on any atom is -0.485 e. The molecule has 1 aliphatic heterocycles. The quantitative estimate of drug-likeness (QED) is 0.574. The molecule has 3 rings (SSSR count). The molecule has 2 aromatic rings. The third kappa shape index (κ3) is 3.36. The van der Waals surface area contributed by atoms with Gasteiger partial charge < -0.3 is 9.53 Å². The maximum atomic E-state index is 10.7. The van der Waals surface area contributed by atoms with Gasteiger partial charge in [0.2, 0.25) is 5.82 Å². The van der Waals surface area contributed by atoms with Gasteiger partial charge in [-0.25, -0.2) is 0 Å². The van der Waals surface area contributed by atoms with Crippen molar-refractivity contribution in [3.05, 3.63) is 51.8 Å². The van der Waals surface area contributed by atoms with Crippen molar-refractivity contribution in [3.8, 4) is 5.69 Å². The lowest BCUT2D eigenvalue weighted by Gasteiger charge is -2.17. The van der Waals surface area contributed by atoms with E-state index in [0.717, 1.165) is 11.9 Å². The van der Waals surface area contributed by atoms with Crippen LogP contribution in [0.5, 0.6) is 0 Å². The van der Waals surface area contributed by atoms with E-state index in [1.165, 1.54) is 11.8 Å². The summed E-state index contributed by atoms with van der Waals surface area (Å²) in [6.07, 6.45) is 4.60. The molecular formula is C16H13Cl2N3O2S. The molecule has 0 aliphatic carbocycles. The third-order valence-corrected chi connectivity index (χ3v) is 4.71. The van der Waals surface area contributed by atoms with Gasteiger partial charge in [0, 0.05) is 0 Å². The van der Waals surface area contributed by atoms with E-state index in [-0.39, 0.29) is 5.75 Å². The lowest BCUT2D eigenvalue weighted by Crippen LogP contribution is -2.08. The fourth-order valence-corrected chi connectivity index (χ4v) is 3.37. The predicted molar refractivity (Wildman–Crippen MR) is 95.9 cm³/mol. The first kappa shape index (κ1) is 17.1. The molecule has 0 bridgehead atoms. The maximum Gasteiger partial charge on any atom is 0.204 e. The molecule has 24 heavy (non-hydrogen) atoms. The SMILES string of the molecule is CC1=CC=C(c2nnc(SCC=O)n2-c2c(Cl)cccc2Cl)OC1. The van der Waals surface area contributed by atoms with Crippen LogP contribution in [0.1, 0.15) is 12.7 Å². The molecule has 1 aromatic heterocycles. The number of hydrogen-bond acceptors (Lipinski definition) is 5. The Hall–Kier alpha value is -1.76. The lowest BCUT2D eigenvalue weighted by atomic mass is 10.2. The highest BCUT2D eigenvalue weighted by Crippen LogP contribution is 2.35. The molecule has 0 fully saturated rings. The molecule has 0 N–H and O–H groups in total. The summed E-state index contributed by atoms with van der Waals surface area (Å²) < 4.78 is 7.46. The number of halogens is 2. The zero-order chi connectivity index (χ0) is 17.1. The summed E-state index contributed by atoms with van der Waals surface area (Å²) in [5.74, 6) is 1.31. The largest absolute Gasteiger partial charge is 0.485 e. The third-order valence-electron chi connectivity index (χ3n) is 3.27. The first-order valence-electron chi connectivity index (χ1n) is 7.08. The van der Waals surface area contributed by atoms with Crippen molar-refractivity contribution in [3.63, 3.8) is 0 Å². The van der Waals surface area contributed by atoms with Crippen LogP contribution in [0.15, 0.2) is 41.1 Å². The second kappa shape index (κ2) is 7.42. The normalized spacial score (nSPS) is 14.0. The van der Waals surface area contributed by atoms with E-state index in [9.17, 15) is 4.79 Å². The second-order valence-corrected chi connectivity index (χ2v) is 6.82. The van der Waals surface area contributed by atoms with Gasteiger partial charge in [-0.3, -0.25) is 4.57 Å². The van der Waals surface area contributed by atoms with E-state index in [2.05, 4.69) is 10.2 Å². The summed E-state index contributed by atoms with van der Waals surface area (Å²) in [6, 6.07) is 5.24. The van der Waals surface area contributed by atoms with Crippen molar-refractivity contribution in [1.29, 1.82) is 0 Å². The van der Waals surface area contributed by atoms with Crippen LogP contribution >= 0.6 is 35.0 Å². The minimum atomic E-state index is 0.249. The Morgan fingerprint density at radius 2 is 2.04 bits per heavy atom. The number of aldehydes is 1. The molecule has 1 aromatic carbocycles. The number of carbonyl (C=O) groups excluding carboxylic acids is 1. The number of ether oxygens (including phenoxy) is 1. The zero-order valence-electron chi connectivity index (χ0n) is 12.7. The molecule has 5 nitrogen and oxygen atoms in total. The minimum absolute atomic E-state index is 0.249. The van der Waals surface area contributed by atoms with Crippen LogP contribution in [-0.2, 0) is 9.53 Å². The van der Waals surface area contributed by atoms with Gasteiger partial charge in [0.1, 0.15) is 12.9 Å². The van der Waals surface area contributed by atoms with Crippen molar-refractivity contribution >= 4 is 47.0 Å². The van der Waals surface area contributed by atoms with Gasteiger partial charge in [-0.05, 0) is 30.7 Å². The first-order chi connectivity index (χ1) is 11.6. The molecule has 0 amide bonds. The Bertz CT molecular complexity index is 826. The van der Waals surface area contributed by atoms with Gasteiger partial charge in [-0.1, -0.05) is 47.1 Å². The molecule has 0 atom stereocenters. The van der Waals surface area contributed by atoms with Crippen LogP contribution in [0.3, 0.4) is 0 Å². The molecule has 0 saturated carbocycles. The maximum absolute atomic E-state index is 10.7. The van der Waals surface area contributed by atoms with Gasteiger partial charge in [0.25, 0.3) is 0 Å². The Labute approximate surface area is 153 Å². The molecular weight excluding hydrogens is 369 g/mol. The summed E-state index contributed by atoms with van der Waals surface area (Å²) in [5.41, 5.74) is 1.67. The Kier molecular flexibility index (Phi) is 5.28. The van der Waals surface area contributed by atoms with E-state index in [4.69, 9.17) is 27.9 Å². The number of aromatic nitrogens is 3. The average Bonchev–Trinajstić information content (AvgIpc) is 2.97. The van der Waals surface area contributed by atoms with Crippen molar-refractivity contribution in [2.75, 3.05) is 12.4 Å². The number of para-hydroxylation sites is 1. The van der Waals surface area contributed by atoms with E-state index in [1.54, 1.807) is 22.8 Å². The Morgan fingerprint density at radius 3 is 2.67 bits per heavy atom. The van der Waals surface area contributed by atoms with Crippen LogP contribution in [0.25, 0.3) is 11.4 Å². The summed E-state index contributed by atoms with van der Waals surface area (Å²) in [7, 11) is 0. The van der Waals surface area contributed by atoms with E-state index >= 15 is 0 Å². The van der Waals surface area contributed by atoms with Gasteiger partial charge >= 0.3 is 0 Å². The van der Waals surface area contributed by atoms with Crippen molar-refractivity contribution in [2.45, 2.75) is 12.1 Å². The van der Waals surface area contributed by atoms with Gasteiger partial charge in [0.05, 0.1) is 21.5 Å². The van der Waals surface area contributed by atoms with Crippen LogP contribution in [0.4, 0.5) is 0 Å². The lowest BCUT2D eigenvalue weighted by molar-refractivity contribution is -0.105. The van der Waals surface area contributed by atoms with Crippen LogP contribution < -0.4 is 0 Å². The zero-order valence-corrected chi connectivity index (χ0v) is 15.0. The highest BCUT2D eigenvalue weighted by Gasteiger charge is 2.23. The number of benzene rings is 1. The summed E-state index contributed by atoms with van der Waals surface area (Å²) in [6.45, 7) is 2.46. The smallest absolute Gasteiger partial charge is 0.204 e. The van der Waals surface area contributed by atoms with Crippen molar-refractivity contribution in [1.82, 2.24) is 14.8 Å². The molecule has 1 aliphatic rings. The van der Waals surface area contributed by atoms with Crippen molar-refractivity contribution in [2.24, 2.45) is 0 Å².